The van der Waals surface area contributed by atoms with Gasteiger partial charge >= 0.3 is 0 Å². The maximum Gasteiger partial charge on any atom is 0.250 e. The summed E-state index contributed by atoms with van der Waals surface area (Å²) in [6.07, 6.45) is 10.3. The van der Waals surface area contributed by atoms with Gasteiger partial charge in [0.25, 0.3) is 5.91 Å². The highest BCUT2D eigenvalue weighted by molar-refractivity contribution is 6.02. The van der Waals surface area contributed by atoms with Crippen LogP contribution in [-0.4, -0.2) is 112 Å². The van der Waals surface area contributed by atoms with Gasteiger partial charge in [-0.1, -0.05) is 25.1 Å². The molecule has 2 saturated carbocycles. The molecule has 1 atom stereocenters. The summed E-state index contributed by atoms with van der Waals surface area (Å²) in [6, 6.07) is 12.7. The lowest BCUT2D eigenvalue weighted by molar-refractivity contribution is -0.118. The zero-order valence-corrected chi connectivity index (χ0v) is 33.2. The molecule has 15 nitrogen and oxygen atoms in total. The number of carbonyl (C=O) groups excluding carboxylic acids is 2. The zero-order chi connectivity index (χ0) is 40.1. The van der Waals surface area contributed by atoms with Crippen LogP contribution in [0.2, 0.25) is 0 Å². The van der Waals surface area contributed by atoms with E-state index in [1.807, 2.05) is 51.5 Å². The fraction of sp³-hybridized carbons (Fsp3) is 0.488. The highest BCUT2D eigenvalue weighted by atomic mass is 16.3. The Labute approximate surface area is 329 Å². The molecular weight excluding hydrogens is 711 g/mol. The first-order chi connectivity index (χ1) is 26.8. The molecule has 2 aliphatic carbocycles. The molecule has 3 aliphatic heterocycles. The summed E-state index contributed by atoms with van der Waals surface area (Å²) in [5.41, 5.74) is 18.5. The molecule has 0 spiro atoms. The van der Waals surface area contributed by atoms with E-state index >= 15 is 0 Å². The Kier molecular flexibility index (Phi) is 12.6. The Morgan fingerprint density at radius 3 is 2.34 bits per heavy atom. The molecule has 2 aromatic heterocycles. The molecule has 0 bridgehead atoms. The van der Waals surface area contributed by atoms with Gasteiger partial charge in [-0.3, -0.25) is 19.2 Å². The number of β-amino-alcohol motifs (C(OH)–C–C–N with tert-alkyl or cyclic N) is 1. The number of rotatable bonds is 11. The number of para-hydroxylation sites is 1. The zero-order valence-electron chi connectivity index (χ0n) is 33.2. The summed E-state index contributed by atoms with van der Waals surface area (Å²) < 4.78 is 2.17. The first kappa shape index (κ1) is 40.6. The van der Waals surface area contributed by atoms with Crippen molar-refractivity contribution < 1.29 is 19.8 Å². The van der Waals surface area contributed by atoms with Gasteiger partial charge in [0.05, 0.1) is 58.0 Å². The van der Waals surface area contributed by atoms with Gasteiger partial charge in [-0.15, -0.1) is 0 Å². The van der Waals surface area contributed by atoms with Gasteiger partial charge in [-0.2, -0.15) is 10.1 Å². The Bertz CT molecular complexity index is 1970. The standard InChI is InChI=1S/C32H37N9O3.C5H11NO.C4H9N/c1-3-28-31-24(13-35-41(31)22-15-40(16-22)14-20-6-4-7-21(17-42)36-20)23-8-5-9-26(30(23)39(28)2)37-27(25(33)18-43)12-29(34)38-32(44)19-10-11-19;1-5(7)3-6(2)4-5;1-5-4-2-3-4/h4-9,12-13,17-19,22,28,37,43H,3,10-11,14-16,33H2,1-2H3,(H2,34,38,44);7H,3-4H2,1-2H3;4-5H,2-3H2,1H3/b25-18+,27-12+;;. The molecule has 1 amide bonds. The molecule has 1 unspecified atom stereocenters. The second-order valence-corrected chi connectivity index (χ2v) is 15.8. The monoisotopic (exact) mass is 767 g/mol. The van der Waals surface area contributed by atoms with E-state index in [0.717, 1.165) is 92.2 Å². The Morgan fingerprint density at radius 1 is 1.07 bits per heavy atom. The molecular formula is C41H57N11O4. The first-order valence-electron chi connectivity index (χ1n) is 19.5. The number of nitrogens with one attached hydrogen (secondary N) is 2. The van der Waals surface area contributed by atoms with Gasteiger partial charge in [0.15, 0.2) is 6.29 Å². The van der Waals surface area contributed by atoms with Crippen molar-refractivity contribution in [3.63, 3.8) is 0 Å². The van der Waals surface area contributed by atoms with Crippen molar-refractivity contribution >= 4 is 29.4 Å². The normalized spacial score (nSPS) is 20.9. The van der Waals surface area contributed by atoms with Gasteiger partial charge in [0, 0.05) is 68.9 Å². The van der Waals surface area contributed by atoms with E-state index in [9.17, 15) is 14.7 Å². The van der Waals surface area contributed by atoms with Gasteiger partial charge < -0.3 is 42.1 Å². The van der Waals surface area contributed by atoms with E-state index in [-0.39, 0.29) is 41.0 Å². The topological polar surface area (TPSA) is 203 Å². The number of amidine groups is 1. The molecule has 3 aromatic rings. The average molecular weight is 768 g/mol. The molecule has 0 radical (unpaired) electrons. The second kappa shape index (κ2) is 17.4. The van der Waals surface area contributed by atoms with Crippen molar-refractivity contribution in [1.82, 2.24) is 29.9 Å². The number of likely N-dealkylation sites (N-methyl/N-ethyl adjacent to an activating group) is 1. The maximum absolute atomic E-state index is 12.2. The molecule has 56 heavy (non-hydrogen) atoms. The van der Waals surface area contributed by atoms with Crippen LogP contribution in [0, 0.1) is 5.92 Å². The lowest BCUT2D eigenvalue weighted by atomic mass is 9.91. The summed E-state index contributed by atoms with van der Waals surface area (Å²) in [6.45, 7) is 8.02. The van der Waals surface area contributed by atoms with Crippen molar-refractivity contribution in [2.75, 3.05) is 57.5 Å². The number of amides is 1. The molecule has 5 aliphatic rings. The molecule has 5 heterocycles. The van der Waals surface area contributed by atoms with Crippen LogP contribution in [0.3, 0.4) is 0 Å². The van der Waals surface area contributed by atoms with Crippen molar-refractivity contribution in [2.24, 2.45) is 22.4 Å². The molecule has 8 N–H and O–H groups in total. The number of benzene rings is 1. The number of aliphatic hydroxyl groups is 2. The van der Waals surface area contributed by atoms with Crippen LogP contribution in [-0.2, 0) is 11.3 Å². The van der Waals surface area contributed by atoms with Crippen LogP contribution in [0.4, 0.5) is 11.4 Å². The molecule has 15 heteroatoms. The lowest BCUT2D eigenvalue weighted by Gasteiger charge is -2.43. The van der Waals surface area contributed by atoms with Crippen molar-refractivity contribution in [1.29, 1.82) is 0 Å². The number of aldehydes is 1. The number of likely N-dealkylation sites (tertiary alicyclic amines) is 2. The number of hydrogen-bond donors (Lipinski definition) is 6. The molecule has 1 aromatic carbocycles. The maximum atomic E-state index is 12.2. The van der Waals surface area contributed by atoms with E-state index < -0.39 is 0 Å². The molecule has 8 rings (SSSR count). The van der Waals surface area contributed by atoms with Crippen LogP contribution in [0.25, 0.3) is 11.1 Å². The Balaban J connectivity index is 0.000000377. The van der Waals surface area contributed by atoms with Crippen LogP contribution >= 0.6 is 0 Å². The van der Waals surface area contributed by atoms with Gasteiger partial charge in [0.1, 0.15) is 17.8 Å². The van der Waals surface area contributed by atoms with Gasteiger partial charge in [-0.05, 0) is 71.3 Å². The number of hydrogen-bond acceptors (Lipinski definition) is 12. The van der Waals surface area contributed by atoms with Crippen LogP contribution in [0.5, 0.6) is 0 Å². The SMILES string of the molecule is CCC1c2c(cnn2C2CN(Cc3cccc(C=O)n3)C2)-c2cccc(NC(=C/C(N)=NC(=O)C3CC3)/C(N)=C\O)c2N1C.CN1CC(C)(O)C1.CNC1CC1. The minimum Gasteiger partial charge on any atom is -0.513 e. The fourth-order valence-corrected chi connectivity index (χ4v) is 7.58. The lowest BCUT2D eigenvalue weighted by Crippen LogP contribution is -2.57. The third-order valence-electron chi connectivity index (χ3n) is 10.7. The Hall–Kier alpha value is -5.09. The highest BCUT2D eigenvalue weighted by Crippen LogP contribution is 2.49. The van der Waals surface area contributed by atoms with E-state index in [1.165, 1.54) is 24.6 Å². The number of nitrogens with two attached hydrogens (primary N) is 2. The minimum absolute atomic E-state index is 0.0177. The molecule has 2 saturated heterocycles. The largest absolute Gasteiger partial charge is 0.513 e. The Morgan fingerprint density at radius 2 is 1.79 bits per heavy atom. The predicted molar refractivity (Wildman–Crippen MR) is 219 cm³/mol. The summed E-state index contributed by atoms with van der Waals surface area (Å²) in [7, 11) is 6.08. The highest BCUT2D eigenvalue weighted by Gasteiger charge is 2.38. The average Bonchev–Trinajstić information content (AvgIpc) is 4.10. The summed E-state index contributed by atoms with van der Waals surface area (Å²) in [4.78, 5) is 38.3. The number of aliphatic hydroxyl groups excluding tert-OH is 1. The van der Waals surface area contributed by atoms with E-state index in [4.69, 9.17) is 21.7 Å². The van der Waals surface area contributed by atoms with Crippen molar-refractivity contribution in [2.45, 2.75) is 76.2 Å². The third kappa shape index (κ3) is 9.64. The van der Waals surface area contributed by atoms with Gasteiger partial charge in [-0.25, -0.2) is 4.98 Å². The second-order valence-electron chi connectivity index (χ2n) is 15.8. The van der Waals surface area contributed by atoms with Crippen LogP contribution < -0.4 is 27.0 Å². The fourth-order valence-electron chi connectivity index (χ4n) is 7.58. The number of fused-ring (bicyclic) bond motifs is 3. The first-order valence-corrected chi connectivity index (χ1v) is 19.5. The van der Waals surface area contributed by atoms with Crippen molar-refractivity contribution in [3.05, 3.63) is 83.4 Å². The number of pyridine rings is 1. The van der Waals surface area contributed by atoms with E-state index in [2.05, 4.69) is 60.0 Å². The number of carbonyl (C=O) groups is 2. The molecule has 300 valence electrons. The smallest absolute Gasteiger partial charge is 0.250 e. The summed E-state index contributed by atoms with van der Waals surface area (Å²) >= 11 is 0. The minimum atomic E-state index is -0.380. The number of aromatic nitrogens is 3. The molecule has 4 fully saturated rings. The van der Waals surface area contributed by atoms with Crippen LogP contribution in [0.15, 0.2) is 71.3 Å². The van der Waals surface area contributed by atoms with Gasteiger partial charge in [0.2, 0.25) is 0 Å². The number of aliphatic imine (C=N–C) groups is 1. The summed E-state index contributed by atoms with van der Waals surface area (Å²) in [5.74, 6) is -0.278. The van der Waals surface area contributed by atoms with E-state index in [1.54, 1.807) is 6.07 Å². The third-order valence-corrected chi connectivity index (χ3v) is 10.7. The number of nitrogens with zero attached hydrogens (tertiary/aromatic N) is 7. The van der Waals surface area contributed by atoms with Crippen LogP contribution in [0.1, 0.15) is 79.9 Å². The van der Waals surface area contributed by atoms with E-state index in [0.29, 0.717) is 17.9 Å². The summed E-state index contributed by atoms with van der Waals surface area (Å²) in [5, 5.41) is 30.1. The quantitative estimate of drug-likeness (QED) is 0.0543. The number of anilines is 2. The predicted octanol–water partition coefficient (Wildman–Crippen LogP) is 3.71. The van der Waals surface area contributed by atoms with Crippen molar-refractivity contribution in [3.8, 4) is 11.1 Å².